The van der Waals surface area contributed by atoms with Crippen LogP contribution in [0.25, 0.3) is 0 Å². The number of benzene rings is 3. The zero-order chi connectivity index (χ0) is 33.8. The molecule has 2 N–H and O–H groups in total. The van der Waals surface area contributed by atoms with Crippen molar-refractivity contribution in [3.05, 3.63) is 143 Å². The van der Waals surface area contributed by atoms with Crippen molar-refractivity contribution in [3.63, 3.8) is 0 Å². The minimum atomic E-state index is -1.01. The minimum Gasteiger partial charge on any atom is -0.480 e. The van der Waals surface area contributed by atoms with E-state index in [-0.39, 0.29) is 30.1 Å². The number of nitrogens with zero attached hydrogens (tertiary/aromatic N) is 4. The van der Waals surface area contributed by atoms with Crippen LogP contribution in [0, 0.1) is 0 Å². The lowest BCUT2D eigenvalue weighted by atomic mass is 9.84. The number of aromatic nitrogens is 2. The molecule has 1 fully saturated rings. The largest absolute Gasteiger partial charge is 0.480 e. The molecule has 3 aromatic carbocycles. The second-order valence-electron chi connectivity index (χ2n) is 11.1. The van der Waals surface area contributed by atoms with Gasteiger partial charge < -0.3 is 24.8 Å². The van der Waals surface area contributed by atoms with Crippen LogP contribution in [0.15, 0.2) is 114 Å². The number of likely N-dealkylation sites (tertiary alicyclic amines) is 1. The summed E-state index contributed by atoms with van der Waals surface area (Å²) in [5.74, 6) is -0.370. The van der Waals surface area contributed by atoms with Crippen LogP contribution >= 0.6 is 11.8 Å². The van der Waals surface area contributed by atoms with E-state index in [1.54, 1.807) is 18.1 Å². The van der Waals surface area contributed by atoms with E-state index in [4.69, 9.17) is 14.6 Å². The van der Waals surface area contributed by atoms with Crippen molar-refractivity contribution in [2.45, 2.75) is 23.7 Å². The molecule has 1 saturated heterocycles. The average molecular weight is 666 g/mol. The fraction of sp³-hybridized carbons (Fsp3) is 0.270. The fourth-order valence-corrected chi connectivity index (χ4v) is 7.24. The summed E-state index contributed by atoms with van der Waals surface area (Å²) in [6.07, 6.45) is 4.22. The van der Waals surface area contributed by atoms with Crippen LogP contribution in [-0.2, 0) is 25.4 Å². The number of carbonyl (C=O) groups excluding carboxylic acids is 1. The number of aliphatic carboxylic acids is 1. The van der Waals surface area contributed by atoms with E-state index >= 15 is 0 Å². The fourth-order valence-electron chi connectivity index (χ4n) is 5.70. The molecule has 248 valence electrons. The number of carboxylic acid groups (broad SMARTS) is 1. The van der Waals surface area contributed by atoms with Gasteiger partial charge in [-0.15, -0.1) is 22.0 Å². The highest BCUT2D eigenvalue weighted by Gasteiger charge is 2.37. The summed E-state index contributed by atoms with van der Waals surface area (Å²) >= 11 is 1.81. The van der Waals surface area contributed by atoms with E-state index in [9.17, 15) is 9.59 Å². The molecule has 0 spiro atoms. The zero-order valence-electron chi connectivity index (χ0n) is 27.0. The normalized spacial score (nSPS) is 15.1. The van der Waals surface area contributed by atoms with E-state index in [1.165, 1.54) is 19.5 Å². The summed E-state index contributed by atoms with van der Waals surface area (Å²) in [5.41, 5.74) is 5.00. The van der Waals surface area contributed by atoms with E-state index in [0.717, 1.165) is 28.7 Å². The summed E-state index contributed by atoms with van der Waals surface area (Å²) in [6.45, 7) is 0.810. The highest BCUT2D eigenvalue weighted by Crippen LogP contribution is 2.48. The third kappa shape index (κ3) is 8.28. The van der Waals surface area contributed by atoms with E-state index < -0.39 is 10.7 Å². The zero-order valence-corrected chi connectivity index (χ0v) is 27.8. The van der Waals surface area contributed by atoms with Crippen LogP contribution in [0.4, 0.5) is 0 Å². The number of hydrogen-bond donors (Lipinski definition) is 2. The van der Waals surface area contributed by atoms with Crippen molar-refractivity contribution < 1.29 is 24.2 Å². The van der Waals surface area contributed by atoms with Crippen LogP contribution in [-0.4, -0.2) is 84.0 Å². The summed E-state index contributed by atoms with van der Waals surface area (Å²) in [7, 11) is 3.10. The van der Waals surface area contributed by atoms with Crippen molar-refractivity contribution in [1.29, 1.82) is 0 Å². The number of carbonyl (C=O) groups is 2. The molecule has 11 heteroatoms. The summed E-state index contributed by atoms with van der Waals surface area (Å²) in [4.78, 5) is 30.5. The Morgan fingerprint density at radius 1 is 0.979 bits per heavy atom. The van der Waals surface area contributed by atoms with E-state index in [1.807, 2.05) is 30.0 Å². The molecule has 10 nitrogen and oxygen atoms in total. The van der Waals surface area contributed by atoms with Crippen LogP contribution in [0.5, 0.6) is 0 Å². The van der Waals surface area contributed by atoms with Gasteiger partial charge in [-0.1, -0.05) is 91.0 Å². The van der Waals surface area contributed by atoms with E-state index in [0.29, 0.717) is 31.0 Å². The maximum absolute atomic E-state index is 13.5. The van der Waals surface area contributed by atoms with Crippen molar-refractivity contribution in [2.24, 2.45) is 4.99 Å². The number of nitrogens with one attached hydrogen (secondary N) is 1. The Morgan fingerprint density at radius 3 is 2.10 bits per heavy atom. The molecule has 1 amide bonds. The first kappa shape index (κ1) is 34.3. The molecule has 1 unspecified atom stereocenters. The molecule has 0 bridgehead atoms. The van der Waals surface area contributed by atoms with Crippen molar-refractivity contribution in [2.75, 3.05) is 39.6 Å². The molecule has 0 radical (unpaired) electrons. The van der Waals surface area contributed by atoms with Crippen LogP contribution < -0.4 is 5.32 Å². The Balaban J connectivity index is 1.49. The first-order valence-electron chi connectivity index (χ1n) is 15.7. The quantitative estimate of drug-likeness (QED) is 0.101. The maximum Gasteiger partial charge on any atom is 0.322 e. The molecule has 1 aliphatic heterocycles. The number of thioether (sulfide) groups is 1. The summed E-state index contributed by atoms with van der Waals surface area (Å²) in [6, 6.07) is 33.2. The Kier molecular flexibility index (Phi) is 12.0. The van der Waals surface area contributed by atoms with Gasteiger partial charge in [-0.25, -0.2) is 4.99 Å². The lowest BCUT2D eigenvalue weighted by Crippen LogP contribution is -2.31. The molecule has 48 heavy (non-hydrogen) atoms. The highest BCUT2D eigenvalue weighted by atomic mass is 32.2. The average Bonchev–Trinajstić information content (AvgIpc) is 3.62. The Labute approximate surface area is 284 Å². The Hall–Kier alpha value is -5.00. The van der Waals surface area contributed by atoms with Gasteiger partial charge in [0.05, 0.1) is 30.4 Å². The summed E-state index contributed by atoms with van der Waals surface area (Å²) < 4.78 is 10.3. The third-order valence-electron chi connectivity index (χ3n) is 8.12. The van der Waals surface area contributed by atoms with Gasteiger partial charge in [0.25, 0.3) is 5.91 Å². The molecule has 2 heterocycles. The first-order chi connectivity index (χ1) is 23.4. The molecule has 0 saturated carbocycles. The number of aryl methyl sites for hydroxylation is 1. The molecular weight excluding hydrogens is 627 g/mol. The van der Waals surface area contributed by atoms with Gasteiger partial charge in [0, 0.05) is 20.2 Å². The topological polar surface area (TPSA) is 126 Å². The number of amides is 1. The predicted octanol–water partition coefficient (Wildman–Crippen LogP) is 5.14. The Morgan fingerprint density at radius 2 is 1.58 bits per heavy atom. The summed E-state index contributed by atoms with van der Waals surface area (Å²) in [5, 5.41) is 20.3. The smallest absolute Gasteiger partial charge is 0.322 e. The second-order valence-corrected chi connectivity index (χ2v) is 12.4. The minimum absolute atomic E-state index is 0.000238. The predicted molar refractivity (Wildman–Crippen MR) is 187 cm³/mol. The van der Waals surface area contributed by atoms with Gasteiger partial charge in [0.1, 0.15) is 12.2 Å². The lowest BCUT2D eigenvalue weighted by molar-refractivity contribution is -0.135. The SMILES string of the molecule is COC(=CNCC(=O)O)N=Cc1nnc(C(=O)N2CCC(OC)C2)cc1CCSC(c1ccccc1)(c1ccccc1)c1ccccc1. The van der Waals surface area contributed by atoms with Gasteiger partial charge in [-0.3, -0.25) is 9.59 Å². The maximum atomic E-state index is 13.5. The molecule has 4 aromatic rings. The van der Waals surface area contributed by atoms with Crippen molar-refractivity contribution >= 4 is 29.9 Å². The first-order valence-corrected chi connectivity index (χ1v) is 16.7. The van der Waals surface area contributed by atoms with Crippen LogP contribution in [0.2, 0.25) is 0 Å². The monoisotopic (exact) mass is 665 g/mol. The second kappa shape index (κ2) is 16.7. The molecule has 5 rings (SSSR count). The number of hydrogen-bond acceptors (Lipinski definition) is 9. The number of methoxy groups -OCH3 is 2. The number of rotatable bonds is 15. The molecular formula is C37H39N5O5S. The Bertz CT molecular complexity index is 1620. The molecule has 0 aliphatic carbocycles. The van der Waals surface area contributed by atoms with Gasteiger partial charge in [0.15, 0.2) is 5.69 Å². The van der Waals surface area contributed by atoms with Crippen molar-refractivity contribution in [3.8, 4) is 0 Å². The number of carboxylic acids is 1. The molecule has 1 aliphatic rings. The van der Waals surface area contributed by atoms with E-state index in [2.05, 4.69) is 93.3 Å². The molecule has 1 atom stereocenters. The standard InChI is InChI=1S/C37H39N5O5S/c1-46-31-18-20-42(26-31)36(45)32-22-27(33(41-40-32)23-39-34(47-2)24-38-25-35(43)44)19-21-48-37(28-12-6-3-7-13-28,29-14-8-4-9-15-29)30-16-10-5-11-17-30/h3-17,22-24,31,38H,18-21,25-26H2,1-2H3,(H,43,44). The van der Waals surface area contributed by atoms with Crippen LogP contribution in [0.1, 0.15) is 44.9 Å². The van der Waals surface area contributed by atoms with Gasteiger partial charge in [-0.2, -0.15) is 0 Å². The van der Waals surface area contributed by atoms with Crippen LogP contribution in [0.3, 0.4) is 0 Å². The lowest BCUT2D eigenvalue weighted by Gasteiger charge is -2.35. The third-order valence-corrected chi connectivity index (χ3v) is 9.67. The van der Waals surface area contributed by atoms with Crippen molar-refractivity contribution in [1.82, 2.24) is 20.4 Å². The van der Waals surface area contributed by atoms with Gasteiger partial charge in [0.2, 0.25) is 5.88 Å². The number of ether oxygens (including phenoxy) is 2. The number of aliphatic imine (C=N–C) groups is 1. The highest BCUT2D eigenvalue weighted by molar-refractivity contribution is 8.00. The molecule has 1 aromatic heterocycles. The van der Waals surface area contributed by atoms with Gasteiger partial charge in [-0.05, 0) is 46.9 Å². The van der Waals surface area contributed by atoms with Gasteiger partial charge >= 0.3 is 5.97 Å².